The minimum absolute atomic E-state index is 1.08. The van der Waals surface area contributed by atoms with E-state index in [2.05, 4.69) is 406 Å². The maximum Gasteiger partial charge on any atom is 0.0541 e. The van der Waals surface area contributed by atoms with Crippen LogP contribution in [0.15, 0.2) is 382 Å². The number of nitrogens with zero attached hydrogens (tertiary/aromatic N) is 5. The fourth-order valence-electron chi connectivity index (χ4n) is 14.0. The molecule has 3 heterocycles. The van der Waals surface area contributed by atoms with Crippen molar-refractivity contribution >= 4 is 99.5 Å². The van der Waals surface area contributed by atoms with E-state index in [9.17, 15) is 0 Å². The first kappa shape index (κ1) is 56.3. The predicted octanol–water partition coefficient (Wildman–Crippen LogP) is 24.6. The summed E-state index contributed by atoms with van der Waals surface area (Å²) >= 11 is 0. The Morgan fingerprint density at radius 2 is 0.295 bits per heavy atom. The number of hydrogen-bond donors (Lipinski definition) is 0. The van der Waals surface area contributed by atoms with Crippen LogP contribution in [0.3, 0.4) is 0 Å². The lowest BCUT2D eigenvalue weighted by Crippen LogP contribution is -2.10. The van der Waals surface area contributed by atoms with Crippen LogP contribution in [0.25, 0.3) is 116 Å². The number of benzene rings is 15. The molecule has 95 heavy (non-hydrogen) atoms. The van der Waals surface area contributed by atoms with Crippen LogP contribution in [0.4, 0.5) is 34.1 Å². The third-order valence-electron chi connectivity index (χ3n) is 18.5. The summed E-state index contributed by atoms with van der Waals surface area (Å²) in [6.45, 7) is 0. The summed E-state index contributed by atoms with van der Waals surface area (Å²) in [6, 6.07) is 137. The van der Waals surface area contributed by atoms with E-state index in [1.807, 2.05) is 0 Å². The van der Waals surface area contributed by atoms with E-state index in [4.69, 9.17) is 0 Å². The van der Waals surface area contributed by atoms with Crippen LogP contribution in [0.5, 0.6) is 0 Å². The van der Waals surface area contributed by atoms with E-state index < -0.39 is 0 Å². The molecule has 0 atom stereocenters. The zero-order valence-corrected chi connectivity index (χ0v) is 52.1. The summed E-state index contributed by atoms with van der Waals surface area (Å²) in [5, 5.41) is 7.56. The molecule has 0 amide bonds. The smallest absolute Gasteiger partial charge is 0.0541 e. The van der Waals surface area contributed by atoms with Gasteiger partial charge in [0.05, 0.1) is 33.1 Å². The lowest BCUT2D eigenvalue weighted by molar-refractivity contribution is 1.16. The highest BCUT2D eigenvalue weighted by molar-refractivity contribution is 6.11. The molecule has 0 unspecified atom stereocenters. The third-order valence-corrected chi connectivity index (χ3v) is 18.5. The van der Waals surface area contributed by atoms with Gasteiger partial charge in [0, 0.05) is 83.5 Å². The highest BCUT2D eigenvalue weighted by atomic mass is 15.2. The molecule has 448 valence electrons. The highest BCUT2D eigenvalue weighted by Crippen LogP contribution is 2.42. The molecule has 0 saturated carbocycles. The Morgan fingerprint density at radius 1 is 0.137 bits per heavy atom. The van der Waals surface area contributed by atoms with Crippen LogP contribution in [0.1, 0.15) is 0 Å². The lowest BCUT2D eigenvalue weighted by atomic mass is 10.0. The summed E-state index contributed by atoms with van der Waals surface area (Å²) < 4.78 is 7.12. The molecule has 18 aromatic rings. The number of aromatic nitrogens is 3. The Bertz CT molecular complexity index is 4990. The zero-order valence-electron chi connectivity index (χ0n) is 52.1. The normalized spacial score (nSPS) is 11.4. The van der Waals surface area contributed by atoms with Crippen LogP contribution < -0.4 is 9.80 Å². The Hall–Kier alpha value is -12.7. The second kappa shape index (κ2) is 24.5. The van der Waals surface area contributed by atoms with Gasteiger partial charge < -0.3 is 23.5 Å². The number of anilines is 6. The van der Waals surface area contributed by atoms with Gasteiger partial charge >= 0.3 is 0 Å². The number of fused-ring (bicyclic) bond motifs is 9. The monoisotopic (exact) mass is 1210 g/mol. The van der Waals surface area contributed by atoms with Crippen molar-refractivity contribution in [1.29, 1.82) is 0 Å². The van der Waals surface area contributed by atoms with Crippen molar-refractivity contribution in [2.45, 2.75) is 0 Å². The molecule has 18 rings (SSSR count). The topological polar surface area (TPSA) is 21.3 Å². The summed E-state index contributed by atoms with van der Waals surface area (Å²) in [6.07, 6.45) is 0. The Morgan fingerprint density at radius 3 is 0.495 bits per heavy atom. The van der Waals surface area contributed by atoms with E-state index in [0.717, 1.165) is 51.2 Å². The molecule has 0 bridgehead atoms. The minimum Gasteiger partial charge on any atom is -0.311 e. The fraction of sp³-hybridized carbons (Fsp3) is 0. The molecule has 0 radical (unpaired) electrons. The van der Waals surface area contributed by atoms with Crippen LogP contribution in [-0.4, -0.2) is 13.7 Å². The van der Waals surface area contributed by atoms with Crippen molar-refractivity contribution < 1.29 is 0 Å². The van der Waals surface area contributed by atoms with Crippen molar-refractivity contribution in [1.82, 2.24) is 13.7 Å². The molecule has 0 saturated heterocycles. The van der Waals surface area contributed by atoms with E-state index in [1.165, 1.54) is 98.8 Å². The second-order valence-corrected chi connectivity index (χ2v) is 24.1. The van der Waals surface area contributed by atoms with Crippen molar-refractivity contribution in [3.63, 3.8) is 0 Å². The first-order valence-electron chi connectivity index (χ1n) is 32.5. The molecule has 0 aliphatic heterocycles. The number of para-hydroxylation sites is 6. The van der Waals surface area contributed by atoms with Gasteiger partial charge in [-0.3, -0.25) is 0 Å². The average Bonchev–Trinajstić information content (AvgIpc) is 1.64. The van der Waals surface area contributed by atoms with Gasteiger partial charge in [0.2, 0.25) is 0 Å². The van der Waals surface area contributed by atoms with Gasteiger partial charge in [-0.2, -0.15) is 0 Å². The average molecular weight is 1210 g/mol. The lowest BCUT2D eigenvalue weighted by Gasteiger charge is -2.26. The largest absolute Gasteiger partial charge is 0.311 e. The third kappa shape index (κ3) is 10.4. The molecule has 15 aromatic carbocycles. The molecule has 0 N–H and O–H groups in total. The van der Waals surface area contributed by atoms with Gasteiger partial charge in [-0.05, 0) is 179 Å². The first-order valence-corrected chi connectivity index (χ1v) is 32.5. The summed E-state index contributed by atoms with van der Waals surface area (Å²) in [7, 11) is 0. The van der Waals surface area contributed by atoms with Crippen LogP contribution >= 0.6 is 0 Å². The highest BCUT2D eigenvalue weighted by Gasteiger charge is 2.20. The Balaban J connectivity index is 0.000000160. The summed E-state index contributed by atoms with van der Waals surface area (Å²) in [5.41, 5.74) is 24.5. The summed E-state index contributed by atoms with van der Waals surface area (Å²) in [5.74, 6) is 0. The van der Waals surface area contributed by atoms with Crippen molar-refractivity contribution in [3.8, 4) is 50.4 Å². The molecule has 0 fully saturated rings. The van der Waals surface area contributed by atoms with Crippen LogP contribution in [0.2, 0.25) is 0 Å². The molecular formula is C90H63N5. The fourth-order valence-corrected chi connectivity index (χ4v) is 14.0. The number of hydrogen-bond acceptors (Lipinski definition) is 2. The van der Waals surface area contributed by atoms with Gasteiger partial charge in [-0.1, -0.05) is 237 Å². The quantitative estimate of drug-likeness (QED) is 0.122. The predicted molar refractivity (Wildman–Crippen MR) is 402 cm³/mol. The van der Waals surface area contributed by atoms with Gasteiger partial charge in [0.1, 0.15) is 0 Å². The van der Waals surface area contributed by atoms with E-state index in [1.54, 1.807) is 0 Å². The zero-order chi connectivity index (χ0) is 63.0. The van der Waals surface area contributed by atoms with E-state index >= 15 is 0 Å². The van der Waals surface area contributed by atoms with Gasteiger partial charge in [0.25, 0.3) is 0 Å². The van der Waals surface area contributed by atoms with E-state index in [-0.39, 0.29) is 0 Å². The molecule has 0 aliphatic carbocycles. The molecular weight excluding hydrogens is 1150 g/mol. The van der Waals surface area contributed by atoms with Crippen molar-refractivity contribution in [2.75, 3.05) is 9.80 Å². The minimum atomic E-state index is 1.08. The maximum atomic E-state index is 2.37. The first-order chi connectivity index (χ1) is 47.1. The molecule has 5 heteroatoms. The number of rotatable bonds is 12. The SMILES string of the molecule is c1ccc(-c2ccc(N(c3ccc(-c4ccccc4)cc3)c3ccc(-c4ccccc4)cc3)cc2)cc1.c1ccc2c(c1)c1ccccc1n2-c1ccc(N(c2ccc(-n3c4ccccc4c4ccccc43)cc2)c2ccc(-n3c4ccccc4c4ccccc43)cc2)cc1. The Kier molecular flexibility index (Phi) is 14.5. The molecule has 3 aromatic heterocycles. The van der Waals surface area contributed by atoms with Crippen LogP contribution in [0, 0.1) is 0 Å². The van der Waals surface area contributed by atoms with Crippen molar-refractivity contribution in [2.24, 2.45) is 0 Å². The van der Waals surface area contributed by atoms with Gasteiger partial charge in [0.15, 0.2) is 0 Å². The standard InChI is InChI=1S/C54H36N4.C36H27N/c1-7-19-49-43(13-1)44-14-2-8-20-50(44)56(49)40-31-25-37(26-32-40)55(38-27-33-41(34-28-38)57-51-21-9-3-15-45(51)46-16-4-10-22-52(46)57)39-29-35-42(36-30-39)58-53-23-11-5-17-47(53)48-18-6-12-24-54(48)58;1-4-10-28(11-5-1)31-16-22-34(23-17-31)37(35-24-18-32(19-25-35)29-12-6-2-7-13-29)36-26-20-33(21-27-36)30-14-8-3-9-15-30/h1-36H;1-27H. The summed E-state index contributed by atoms with van der Waals surface area (Å²) in [4.78, 5) is 4.68. The Labute approximate surface area is 552 Å². The second-order valence-electron chi connectivity index (χ2n) is 24.1. The van der Waals surface area contributed by atoms with Gasteiger partial charge in [-0.25, -0.2) is 0 Å². The molecule has 0 spiro atoms. The van der Waals surface area contributed by atoms with E-state index in [0.29, 0.717) is 0 Å². The molecule has 0 aliphatic rings. The maximum absolute atomic E-state index is 2.37. The van der Waals surface area contributed by atoms with Crippen LogP contribution in [-0.2, 0) is 0 Å². The molecule has 5 nitrogen and oxygen atoms in total. The van der Waals surface area contributed by atoms with Crippen molar-refractivity contribution in [3.05, 3.63) is 382 Å². The van der Waals surface area contributed by atoms with Gasteiger partial charge in [-0.15, -0.1) is 0 Å².